The Balaban J connectivity index is 1.39. The number of carbonyl (C=O) groups excluding carboxylic acids is 1. The van der Waals surface area contributed by atoms with E-state index in [-0.39, 0.29) is 12.7 Å². The zero-order valence-electron chi connectivity index (χ0n) is 15.0. The molecule has 138 valence electrons. The Kier molecular flexibility index (Phi) is 4.77. The van der Waals surface area contributed by atoms with Gasteiger partial charge in [-0.15, -0.1) is 0 Å². The van der Waals surface area contributed by atoms with Crippen LogP contribution in [0.4, 0.5) is 4.79 Å². The zero-order valence-corrected chi connectivity index (χ0v) is 15.0. The van der Waals surface area contributed by atoms with Gasteiger partial charge < -0.3 is 14.7 Å². The number of pyridine rings is 1. The van der Waals surface area contributed by atoms with Crippen LogP contribution in [0.5, 0.6) is 0 Å². The van der Waals surface area contributed by atoms with Gasteiger partial charge in [-0.3, -0.25) is 4.98 Å². The lowest BCUT2D eigenvalue weighted by Gasteiger charge is -2.37. The van der Waals surface area contributed by atoms with Gasteiger partial charge in [-0.1, -0.05) is 48.5 Å². The first-order valence-electron chi connectivity index (χ1n) is 9.17. The van der Waals surface area contributed by atoms with Crippen LogP contribution in [0.1, 0.15) is 24.0 Å². The van der Waals surface area contributed by atoms with Crippen LogP contribution >= 0.6 is 0 Å². The number of aliphatic hydroxyl groups is 1. The fourth-order valence-electron chi connectivity index (χ4n) is 3.48. The summed E-state index contributed by atoms with van der Waals surface area (Å²) in [6.45, 7) is 1.17. The minimum absolute atomic E-state index is 0.259. The van der Waals surface area contributed by atoms with Crippen LogP contribution in [0.15, 0.2) is 66.9 Å². The topological polar surface area (TPSA) is 62.7 Å². The van der Waals surface area contributed by atoms with E-state index in [1.165, 1.54) is 0 Å². The summed E-state index contributed by atoms with van der Waals surface area (Å²) < 4.78 is 5.39. The minimum Gasteiger partial charge on any atom is -0.445 e. The van der Waals surface area contributed by atoms with Crippen molar-refractivity contribution in [3.05, 3.63) is 78.0 Å². The zero-order chi connectivity index (χ0) is 18.7. The number of hydrogen-bond acceptors (Lipinski definition) is 4. The standard InChI is InChI=1S/C22H22N2O3/c25-21(27-16-17-6-2-1-3-7-17)24-12-10-22(26,11-13-24)19-14-18-8-4-5-9-20(18)23-15-19/h1-9,14-15,26H,10-13,16H2. The lowest BCUT2D eigenvalue weighted by molar-refractivity contribution is -0.0256. The second-order valence-electron chi connectivity index (χ2n) is 6.98. The fraction of sp³-hybridized carbons (Fsp3) is 0.273. The van der Waals surface area contributed by atoms with Crippen LogP contribution in [0.2, 0.25) is 0 Å². The molecule has 0 saturated carbocycles. The van der Waals surface area contributed by atoms with Crippen molar-refractivity contribution in [1.82, 2.24) is 9.88 Å². The highest BCUT2D eigenvalue weighted by atomic mass is 16.6. The maximum absolute atomic E-state index is 12.3. The van der Waals surface area contributed by atoms with Gasteiger partial charge in [0.05, 0.1) is 11.1 Å². The molecule has 27 heavy (non-hydrogen) atoms. The Labute approximate surface area is 158 Å². The van der Waals surface area contributed by atoms with Crippen LogP contribution in [0.3, 0.4) is 0 Å². The quantitative estimate of drug-likeness (QED) is 0.769. The third-order valence-electron chi connectivity index (χ3n) is 5.18. The Bertz CT molecular complexity index is 934. The van der Waals surface area contributed by atoms with Crippen LogP contribution in [0, 0.1) is 0 Å². The average Bonchev–Trinajstić information content (AvgIpc) is 2.73. The molecule has 1 N–H and O–H groups in total. The molecule has 1 aliphatic rings. The molecule has 5 nitrogen and oxygen atoms in total. The third kappa shape index (κ3) is 3.78. The number of likely N-dealkylation sites (tertiary alicyclic amines) is 1. The Morgan fingerprint density at radius 1 is 1.07 bits per heavy atom. The molecule has 4 rings (SSSR count). The minimum atomic E-state index is -0.965. The van der Waals surface area contributed by atoms with E-state index in [1.807, 2.05) is 60.7 Å². The van der Waals surface area contributed by atoms with Crippen molar-refractivity contribution in [1.29, 1.82) is 0 Å². The molecular formula is C22H22N2O3. The molecule has 2 aromatic carbocycles. The third-order valence-corrected chi connectivity index (χ3v) is 5.18. The van der Waals surface area contributed by atoms with Crippen molar-refractivity contribution in [2.24, 2.45) is 0 Å². The molecule has 1 aliphatic heterocycles. The Morgan fingerprint density at radius 2 is 1.78 bits per heavy atom. The van der Waals surface area contributed by atoms with E-state index in [1.54, 1.807) is 11.1 Å². The summed E-state index contributed by atoms with van der Waals surface area (Å²) in [5, 5.41) is 12.1. The first kappa shape index (κ1) is 17.5. The molecule has 0 aliphatic carbocycles. The predicted molar refractivity (Wildman–Crippen MR) is 103 cm³/mol. The van der Waals surface area contributed by atoms with Crippen molar-refractivity contribution in [2.45, 2.75) is 25.0 Å². The summed E-state index contributed by atoms with van der Waals surface area (Å²) in [6.07, 6.45) is 2.34. The number of carbonyl (C=O) groups is 1. The second kappa shape index (κ2) is 7.37. The van der Waals surface area contributed by atoms with Gasteiger partial charge in [0.2, 0.25) is 0 Å². The van der Waals surface area contributed by atoms with E-state index in [9.17, 15) is 9.90 Å². The summed E-state index contributed by atoms with van der Waals surface area (Å²) >= 11 is 0. The highest BCUT2D eigenvalue weighted by Crippen LogP contribution is 2.33. The number of benzene rings is 2. The van der Waals surface area contributed by atoms with E-state index in [4.69, 9.17) is 4.74 Å². The van der Waals surface area contributed by atoms with Gasteiger partial charge in [0.25, 0.3) is 0 Å². The second-order valence-corrected chi connectivity index (χ2v) is 6.98. The van der Waals surface area contributed by atoms with Crippen molar-refractivity contribution >= 4 is 17.0 Å². The summed E-state index contributed by atoms with van der Waals surface area (Å²) in [5.74, 6) is 0. The van der Waals surface area contributed by atoms with Crippen molar-refractivity contribution in [3.63, 3.8) is 0 Å². The van der Waals surface area contributed by atoms with Gasteiger partial charge in [0, 0.05) is 30.2 Å². The van der Waals surface area contributed by atoms with Crippen molar-refractivity contribution in [3.8, 4) is 0 Å². The molecule has 1 aromatic heterocycles. The summed E-state index contributed by atoms with van der Waals surface area (Å²) in [7, 11) is 0. The fourth-order valence-corrected chi connectivity index (χ4v) is 3.48. The molecule has 3 aromatic rings. The van der Waals surface area contributed by atoms with E-state index >= 15 is 0 Å². The first-order valence-corrected chi connectivity index (χ1v) is 9.17. The number of rotatable bonds is 3. The largest absolute Gasteiger partial charge is 0.445 e. The van der Waals surface area contributed by atoms with Gasteiger partial charge >= 0.3 is 6.09 Å². The van der Waals surface area contributed by atoms with E-state index in [2.05, 4.69) is 4.98 Å². The molecule has 1 fully saturated rings. The molecule has 0 spiro atoms. The summed E-state index contributed by atoms with van der Waals surface area (Å²) in [5.41, 5.74) is 1.71. The van der Waals surface area contributed by atoms with E-state index < -0.39 is 5.60 Å². The maximum Gasteiger partial charge on any atom is 0.410 e. The SMILES string of the molecule is O=C(OCc1ccccc1)N1CCC(O)(c2cnc3ccccc3c2)CC1. The van der Waals surface area contributed by atoms with Crippen molar-refractivity contribution in [2.75, 3.05) is 13.1 Å². The van der Waals surface area contributed by atoms with E-state index in [0.29, 0.717) is 25.9 Å². The van der Waals surface area contributed by atoms with E-state index in [0.717, 1.165) is 22.0 Å². The number of amides is 1. The number of para-hydroxylation sites is 1. The maximum atomic E-state index is 12.3. The summed E-state index contributed by atoms with van der Waals surface area (Å²) in [4.78, 5) is 18.4. The molecule has 0 atom stereocenters. The number of fused-ring (bicyclic) bond motifs is 1. The highest BCUT2D eigenvalue weighted by Gasteiger charge is 2.36. The lowest BCUT2D eigenvalue weighted by atomic mass is 9.85. The van der Waals surface area contributed by atoms with Crippen LogP contribution in [0.25, 0.3) is 10.9 Å². The number of piperidine rings is 1. The molecule has 5 heteroatoms. The lowest BCUT2D eigenvalue weighted by Crippen LogP contribution is -2.45. The molecule has 0 bridgehead atoms. The van der Waals surface area contributed by atoms with Gasteiger partial charge in [-0.05, 0) is 30.5 Å². The molecule has 0 radical (unpaired) electrons. The van der Waals surface area contributed by atoms with Gasteiger partial charge in [0.1, 0.15) is 6.61 Å². The van der Waals surface area contributed by atoms with Crippen molar-refractivity contribution < 1.29 is 14.6 Å². The number of ether oxygens (including phenoxy) is 1. The summed E-state index contributed by atoms with van der Waals surface area (Å²) in [6, 6.07) is 19.5. The van der Waals surface area contributed by atoms with Crippen LogP contribution in [-0.2, 0) is 16.9 Å². The molecule has 0 unspecified atom stereocenters. The molecular weight excluding hydrogens is 340 g/mol. The average molecular weight is 362 g/mol. The highest BCUT2D eigenvalue weighted by molar-refractivity contribution is 5.79. The van der Waals surface area contributed by atoms with Gasteiger partial charge in [-0.25, -0.2) is 4.79 Å². The molecule has 1 saturated heterocycles. The number of nitrogens with zero attached hydrogens (tertiary/aromatic N) is 2. The van der Waals surface area contributed by atoms with Gasteiger partial charge in [0.15, 0.2) is 0 Å². The first-order chi connectivity index (χ1) is 13.1. The Hall–Kier alpha value is -2.92. The van der Waals surface area contributed by atoms with Crippen LogP contribution < -0.4 is 0 Å². The normalized spacial score (nSPS) is 16.3. The monoisotopic (exact) mass is 362 g/mol. The Morgan fingerprint density at radius 3 is 2.56 bits per heavy atom. The van der Waals surface area contributed by atoms with Crippen LogP contribution in [-0.4, -0.2) is 34.2 Å². The number of hydrogen-bond donors (Lipinski definition) is 1. The van der Waals surface area contributed by atoms with Gasteiger partial charge in [-0.2, -0.15) is 0 Å². The predicted octanol–water partition coefficient (Wildman–Crippen LogP) is 3.86. The molecule has 2 heterocycles. The smallest absolute Gasteiger partial charge is 0.410 e. The molecule has 1 amide bonds. The number of aromatic nitrogens is 1.